The first-order valence-corrected chi connectivity index (χ1v) is 35.7. The minimum Gasteiger partial charge on any atom is -0.493 e. The van der Waals surface area contributed by atoms with Gasteiger partial charge in [0.25, 0.3) is 33.7 Å². The van der Waals surface area contributed by atoms with Gasteiger partial charge in [-0.2, -0.15) is 14.8 Å². The SMILES string of the molecule is CCCOCCOCCOCCN(CC(C)(C)SSCCC(C(=O)NCCN1C(=O)C=CC1=O)S(=O)(=O)O)c1cc(COc2cc3c(cc2C)C(=O)N2c4ccccc4C[C@H]2CC3)cc(COc2cc3c(cc2OC)C(=O)N2c4ccccc4C[C@H]2[CH-]C3)c1.O=S(=O)=O.[Na+]. The molecule has 5 aromatic rings. The molecular formula is C67H78N5NaO17S4. The molecule has 2 N–H and O–H groups in total. The second kappa shape index (κ2) is 34.1. The number of benzene rings is 5. The van der Waals surface area contributed by atoms with Gasteiger partial charge in [-0.3, -0.25) is 33.4 Å². The maximum absolute atomic E-state index is 14.4. The van der Waals surface area contributed by atoms with E-state index in [0.29, 0.717) is 87.5 Å². The van der Waals surface area contributed by atoms with Gasteiger partial charge in [-0.15, -0.1) is 12.6 Å². The summed E-state index contributed by atoms with van der Waals surface area (Å²) in [5.74, 6) is -0.339. The van der Waals surface area contributed by atoms with Gasteiger partial charge >= 0.3 is 40.2 Å². The topological polar surface area (TPSA) is 271 Å². The van der Waals surface area contributed by atoms with E-state index in [1.54, 1.807) is 13.2 Å². The molecule has 5 aliphatic rings. The molecular weight excluding hydrogens is 1300 g/mol. The van der Waals surface area contributed by atoms with Crippen LogP contribution in [0, 0.1) is 13.3 Å². The Hall–Kier alpha value is -6.30. The van der Waals surface area contributed by atoms with E-state index in [2.05, 4.69) is 61.7 Å². The zero-order valence-electron chi connectivity index (χ0n) is 53.7. The molecule has 5 aromatic carbocycles. The summed E-state index contributed by atoms with van der Waals surface area (Å²) in [4.78, 5) is 72.9. The predicted octanol–water partition coefficient (Wildman–Crippen LogP) is 5.13. The number of methoxy groups -OCH3 is 1. The van der Waals surface area contributed by atoms with Crippen LogP contribution in [0.1, 0.15) is 99.7 Å². The third-order valence-corrected chi connectivity index (χ3v) is 20.9. The maximum Gasteiger partial charge on any atom is 1.00 e. The molecule has 5 heterocycles. The van der Waals surface area contributed by atoms with E-state index < -0.39 is 48.4 Å². The minimum atomic E-state index is -4.82. The molecule has 0 saturated carbocycles. The summed E-state index contributed by atoms with van der Waals surface area (Å²) < 4.78 is 97.0. The van der Waals surface area contributed by atoms with Crippen molar-refractivity contribution in [3.8, 4) is 17.2 Å². The van der Waals surface area contributed by atoms with Gasteiger partial charge in [0.05, 0.1) is 40.1 Å². The average Bonchev–Trinajstić information content (AvgIpc) is 1.61. The first-order valence-electron chi connectivity index (χ1n) is 30.8. The van der Waals surface area contributed by atoms with Crippen LogP contribution in [0.3, 0.4) is 0 Å². The standard InChI is InChI=1S/C67H78N5O14S3.Na.O3S/c1-6-25-82-27-29-84-30-28-83-26-24-69(43-67(3,4)88-87-31-21-61(89(78,79)80)64(75)68-22-23-70-62(73)19-20-63(70)74)53-34-45(41-85-58-38-47-15-17-51-36-49-11-7-9-13-56(49)71(51)65(76)54(47)32-44(58)2)33-46(35-53)42-86-60-39-48-16-18-52-37-50-12-8-10-14-57(50)72(52)66(77)55(48)40-59(60)81-5;;1-4(2)3/h7-14,18-20,32-35,38-40,51-52,61H,6,15-17,21-31,36-37,41-43H2,1-5H3,(H,68,75)(H,78,79,80);;/q-1;+1;/t51-,52-,61?;;/m1../s1. The quantitative estimate of drug-likeness (QED) is 0.0145. The Morgan fingerprint density at radius 2 is 1.35 bits per heavy atom. The number of para-hydroxylation sites is 2. The molecule has 3 atom stereocenters. The van der Waals surface area contributed by atoms with Gasteiger partial charge in [0.15, 0.2) is 16.7 Å². The van der Waals surface area contributed by atoms with E-state index in [1.807, 2.05) is 77.4 Å². The number of amides is 5. The predicted molar refractivity (Wildman–Crippen MR) is 355 cm³/mol. The number of hydrogen-bond donors (Lipinski definition) is 2. The van der Waals surface area contributed by atoms with E-state index >= 15 is 0 Å². The second-order valence-corrected chi connectivity index (χ2v) is 28.7. The fraction of sp³-hybridized carbons (Fsp3) is 0.433. The fourth-order valence-electron chi connectivity index (χ4n) is 12.1. The van der Waals surface area contributed by atoms with E-state index in [9.17, 15) is 36.9 Å². The Bertz CT molecular complexity index is 3810. The van der Waals surface area contributed by atoms with Gasteiger partial charge in [-0.25, -0.2) is 0 Å². The summed E-state index contributed by atoms with van der Waals surface area (Å²) in [6.45, 7) is 11.7. The number of rotatable bonds is 31. The van der Waals surface area contributed by atoms with Crippen LogP contribution in [0.15, 0.2) is 103 Å². The number of carbonyl (C=O) groups is 5. The Morgan fingerprint density at radius 3 is 2.00 bits per heavy atom. The fourth-order valence-corrected chi connectivity index (χ4v) is 15.6. The molecule has 1 unspecified atom stereocenters. The van der Waals surface area contributed by atoms with Crippen molar-refractivity contribution in [3.63, 3.8) is 0 Å². The van der Waals surface area contributed by atoms with E-state index in [1.165, 1.54) is 27.2 Å². The zero-order chi connectivity index (χ0) is 66.4. The molecule has 10 rings (SSSR count). The Balaban J connectivity index is 0.00000220. The molecule has 498 valence electrons. The van der Waals surface area contributed by atoms with Crippen LogP contribution in [0.25, 0.3) is 0 Å². The van der Waals surface area contributed by atoms with Gasteiger partial charge in [0.2, 0.25) is 5.91 Å². The van der Waals surface area contributed by atoms with Crippen molar-refractivity contribution in [3.05, 3.63) is 160 Å². The molecule has 27 heteroatoms. The Morgan fingerprint density at radius 1 is 0.766 bits per heavy atom. The van der Waals surface area contributed by atoms with Crippen molar-refractivity contribution >= 4 is 88.9 Å². The van der Waals surface area contributed by atoms with Crippen LogP contribution in [0.2, 0.25) is 0 Å². The smallest absolute Gasteiger partial charge is 0.493 e. The average molecular weight is 1380 g/mol. The monoisotopic (exact) mass is 1380 g/mol. The Kier molecular flexibility index (Phi) is 26.6. The molecule has 0 bridgehead atoms. The summed E-state index contributed by atoms with van der Waals surface area (Å²) in [5.41, 5.74) is 10.6. The molecule has 5 aliphatic heterocycles. The first kappa shape index (κ1) is 73.5. The van der Waals surface area contributed by atoms with E-state index in [0.717, 1.165) is 99.6 Å². The number of anilines is 3. The van der Waals surface area contributed by atoms with Crippen LogP contribution in [-0.4, -0.2) is 161 Å². The largest absolute Gasteiger partial charge is 1.00 e. The van der Waals surface area contributed by atoms with Crippen LogP contribution in [0.5, 0.6) is 17.2 Å². The summed E-state index contributed by atoms with van der Waals surface area (Å²) in [7, 11) is -3.50. The van der Waals surface area contributed by atoms with Crippen LogP contribution >= 0.6 is 21.6 Å². The summed E-state index contributed by atoms with van der Waals surface area (Å²) in [6.07, 6.45) is 8.81. The number of aryl methyl sites for hydroxylation is 2. The molecule has 94 heavy (non-hydrogen) atoms. The van der Waals surface area contributed by atoms with Crippen molar-refractivity contribution < 1.29 is 108 Å². The van der Waals surface area contributed by atoms with Crippen molar-refractivity contribution in [2.24, 2.45) is 0 Å². The zero-order valence-corrected chi connectivity index (χ0v) is 58.9. The number of ether oxygens (including phenoxy) is 6. The molecule has 22 nitrogen and oxygen atoms in total. The van der Waals surface area contributed by atoms with Crippen molar-refractivity contribution in [1.82, 2.24) is 10.2 Å². The molecule has 0 fully saturated rings. The number of nitrogens with one attached hydrogen (secondary N) is 1. The third-order valence-electron chi connectivity index (χ3n) is 16.4. The number of carbonyl (C=O) groups excluding carboxylic acids is 5. The minimum absolute atomic E-state index is 0. The number of hydrogen-bond acceptors (Lipinski definition) is 19. The van der Waals surface area contributed by atoms with Gasteiger partial charge in [0.1, 0.15) is 19.0 Å². The molecule has 0 radical (unpaired) electrons. The summed E-state index contributed by atoms with van der Waals surface area (Å²) in [6, 6.07) is 30.0. The Labute approximate surface area is 580 Å². The van der Waals surface area contributed by atoms with Crippen LogP contribution in [-0.2, 0) is 88.2 Å². The molecule has 5 amide bonds. The van der Waals surface area contributed by atoms with E-state index in [-0.39, 0.29) is 91.9 Å². The molecule has 0 aromatic heterocycles. The van der Waals surface area contributed by atoms with Gasteiger partial charge < -0.3 is 54.9 Å². The number of imide groups is 1. The van der Waals surface area contributed by atoms with Crippen molar-refractivity contribution in [2.75, 3.05) is 93.4 Å². The van der Waals surface area contributed by atoms with Crippen molar-refractivity contribution in [1.29, 1.82) is 0 Å². The van der Waals surface area contributed by atoms with E-state index in [4.69, 9.17) is 41.0 Å². The summed E-state index contributed by atoms with van der Waals surface area (Å²) in [5, 5.41) is 0.683. The van der Waals surface area contributed by atoms with Crippen LogP contribution in [0.4, 0.5) is 17.1 Å². The summed E-state index contributed by atoms with van der Waals surface area (Å²) >= 11 is 0. The normalized spacial score (nSPS) is 16.5. The van der Waals surface area contributed by atoms with Gasteiger partial charge in [0, 0.05) is 89.7 Å². The van der Waals surface area contributed by atoms with Crippen LogP contribution < -0.4 is 63.8 Å². The molecule has 0 spiro atoms. The number of fused-ring (bicyclic) bond motifs is 8. The van der Waals surface area contributed by atoms with Gasteiger partial charge in [-0.1, -0.05) is 76.5 Å². The number of nitrogens with zero attached hydrogens (tertiary/aromatic N) is 4. The third kappa shape index (κ3) is 19.0. The molecule has 0 aliphatic carbocycles. The van der Waals surface area contributed by atoms with Crippen molar-refractivity contribution in [2.45, 2.75) is 108 Å². The van der Waals surface area contributed by atoms with Gasteiger partial charge in [-0.05, 0) is 147 Å². The maximum atomic E-state index is 14.4. The molecule has 0 saturated heterocycles. The second-order valence-electron chi connectivity index (χ2n) is 23.6. The first-order chi connectivity index (χ1) is 44.6.